The van der Waals surface area contributed by atoms with Crippen molar-refractivity contribution in [3.05, 3.63) is 59.7 Å². The second-order valence-electron chi connectivity index (χ2n) is 10.2. The Kier molecular flexibility index (Phi) is 6.26. The Morgan fingerprint density at radius 3 is 2.14 bits per heavy atom. The van der Waals surface area contributed by atoms with E-state index in [4.69, 9.17) is 9.84 Å². The normalized spacial score (nSPS) is 22.0. The number of benzene rings is 2. The highest BCUT2D eigenvalue weighted by molar-refractivity contribution is 5.85. The summed E-state index contributed by atoms with van der Waals surface area (Å²) in [5, 5.41) is 12.0. The van der Waals surface area contributed by atoms with Gasteiger partial charge in [0.25, 0.3) is 0 Å². The average Bonchev–Trinajstić information content (AvgIpc) is 3.43. The lowest BCUT2D eigenvalue weighted by Crippen LogP contribution is -2.54. The van der Waals surface area contributed by atoms with Gasteiger partial charge in [0.1, 0.15) is 6.61 Å². The molecule has 2 aromatic rings. The molecule has 0 atom stereocenters. The van der Waals surface area contributed by atoms with Crippen LogP contribution < -0.4 is 5.32 Å². The van der Waals surface area contributed by atoms with Crippen LogP contribution in [0.2, 0.25) is 0 Å². The van der Waals surface area contributed by atoms with Crippen molar-refractivity contribution in [2.75, 3.05) is 20.2 Å². The molecule has 184 valence electrons. The molecule has 0 radical (unpaired) electrons. The third-order valence-corrected chi connectivity index (χ3v) is 8.26. The van der Waals surface area contributed by atoms with E-state index in [0.29, 0.717) is 12.8 Å². The second kappa shape index (κ2) is 9.36. The molecule has 0 aliphatic heterocycles. The van der Waals surface area contributed by atoms with Crippen molar-refractivity contribution in [2.24, 2.45) is 11.3 Å². The summed E-state index contributed by atoms with van der Waals surface area (Å²) in [7, 11) is 1.76. The van der Waals surface area contributed by atoms with E-state index in [1.807, 2.05) is 24.3 Å². The maximum Gasteiger partial charge on any atom is 0.407 e. The quantitative estimate of drug-likeness (QED) is 0.617. The summed E-state index contributed by atoms with van der Waals surface area (Å²) in [5.74, 6) is -1.17. The van der Waals surface area contributed by atoms with E-state index in [9.17, 15) is 14.4 Å². The fourth-order valence-electron chi connectivity index (χ4n) is 6.05. The van der Waals surface area contributed by atoms with Crippen LogP contribution >= 0.6 is 0 Å². The number of carboxylic acid groups (broad SMARTS) is 1. The van der Waals surface area contributed by atoms with Crippen molar-refractivity contribution in [3.63, 3.8) is 0 Å². The van der Waals surface area contributed by atoms with E-state index < -0.39 is 17.5 Å². The number of carbonyl (C=O) groups is 3. The number of rotatable bonds is 7. The van der Waals surface area contributed by atoms with Crippen molar-refractivity contribution in [1.29, 1.82) is 0 Å². The lowest BCUT2D eigenvalue weighted by atomic mass is 9.77. The van der Waals surface area contributed by atoms with Gasteiger partial charge in [0, 0.05) is 25.6 Å². The molecular formula is C28H32N2O5. The number of ether oxygens (including phenoxy) is 1. The summed E-state index contributed by atoms with van der Waals surface area (Å²) in [6.07, 6.45) is 3.79. The van der Waals surface area contributed by atoms with Crippen molar-refractivity contribution in [1.82, 2.24) is 10.2 Å². The molecule has 3 aliphatic rings. The highest BCUT2D eigenvalue weighted by Gasteiger charge is 2.47. The van der Waals surface area contributed by atoms with Gasteiger partial charge in [-0.15, -0.1) is 0 Å². The lowest BCUT2D eigenvalue weighted by Gasteiger charge is -2.43. The molecule has 0 aromatic heterocycles. The minimum absolute atomic E-state index is 0.00258. The largest absolute Gasteiger partial charge is 0.481 e. The molecule has 35 heavy (non-hydrogen) atoms. The monoisotopic (exact) mass is 476 g/mol. The molecule has 2 saturated carbocycles. The fourth-order valence-corrected chi connectivity index (χ4v) is 6.05. The Morgan fingerprint density at radius 2 is 1.57 bits per heavy atom. The van der Waals surface area contributed by atoms with Crippen molar-refractivity contribution >= 4 is 18.0 Å². The molecule has 2 fully saturated rings. The van der Waals surface area contributed by atoms with Crippen LogP contribution in [0.1, 0.15) is 55.6 Å². The van der Waals surface area contributed by atoms with Crippen LogP contribution in [0.25, 0.3) is 11.1 Å². The lowest BCUT2D eigenvalue weighted by molar-refractivity contribution is -0.153. The van der Waals surface area contributed by atoms with Crippen LogP contribution in [0.15, 0.2) is 48.5 Å². The third kappa shape index (κ3) is 4.28. The van der Waals surface area contributed by atoms with Gasteiger partial charge in [-0.25, -0.2) is 4.79 Å². The predicted molar refractivity (Wildman–Crippen MR) is 131 cm³/mol. The summed E-state index contributed by atoms with van der Waals surface area (Å²) < 4.78 is 5.66. The summed E-state index contributed by atoms with van der Waals surface area (Å²) in [6.45, 7) is 0.473. The van der Waals surface area contributed by atoms with Crippen molar-refractivity contribution in [2.45, 2.75) is 50.5 Å². The van der Waals surface area contributed by atoms with E-state index >= 15 is 0 Å². The number of carboxylic acids is 1. The zero-order valence-corrected chi connectivity index (χ0v) is 20.0. The van der Waals surface area contributed by atoms with Crippen LogP contribution in [0.5, 0.6) is 0 Å². The van der Waals surface area contributed by atoms with Gasteiger partial charge < -0.3 is 20.1 Å². The number of fused-ring (bicyclic) bond motifs is 3. The second-order valence-corrected chi connectivity index (χ2v) is 10.2. The van der Waals surface area contributed by atoms with Gasteiger partial charge in [0.05, 0.1) is 11.3 Å². The molecule has 0 bridgehead atoms. The molecule has 7 nitrogen and oxygen atoms in total. The number of amides is 2. The van der Waals surface area contributed by atoms with Crippen LogP contribution in [-0.4, -0.2) is 54.2 Å². The first kappa shape index (κ1) is 23.4. The van der Waals surface area contributed by atoms with E-state index in [1.54, 1.807) is 11.9 Å². The smallest absolute Gasteiger partial charge is 0.407 e. The molecule has 2 amide bonds. The number of hydrogen-bond donors (Lipinski definition) is 2. The van der Waals surface area contributed by atoms with Gasteiger partial charge in [-0.05, 0) is 47.9 Å². The number of alkyl carbamates (subject to hydrolysis) is 1. The minimum atomic E-state index is -0.797. The zero-order chi connectivity index (χ0) is 24.6. The van der Waals surface area contributed by atoms with Gasteiger partial charge in [0.15, 0.2) is 0 Å². The fraction of sp³-hybridized carbons (Fsp3) is 0.464. The standard InChI is InChI=1S/C28H32N2O5/c1-30(19-14-18(15-19)25(31)32)26(33)28(12-6-7-13-28)17-29-27(34)35-16-24-22-10-4-2-8-20(22)21-9-3-5-11-23(21)24/h2-5,8-11,18-19,24H,6-7,12-17H2,1H3,(H,29,34)(H,31,32). The Hall–Kier alpha value is -3.35. The van der Waals surface area contributed by atoms with Crippen LogP contribution in [0, 0.1) is 11.3 Å². The van der Waals surface area contributed by atoms with E-state index in [2.05, 4.69) is 29.6 Å². The summed E-state index contributed by atoms with van der Waals surface area (Å²) in [4.78, 5) is 39.0. The zero-order valence-electron chi connectivity index (χ0n) is 20.0. The van der Waals surface area contributed by atoms with Gasteiger partial charge in [-0.1, -0.05) is 61.4 Å². The Morgan fingerprint density at radius 1 is 1.00 bits per heavy atom. The molecule has 0 heterocycles. The molecule has 0 spiro atoms. The number of aliphatic carboxylic acids is 1. The maximum atomic E-state index is 13.4. The van der Waals surface area contributed by atoms with Gasteiger partial charge in [0.2, 0.25) is 5.91 Å². The number of nitrogens with zero attached hydrogens (tertiary/aromatic N) is 1. The summed E-state index contributed by atoms with van der Waals surface area (Å²) in [6, 6.07) is 16.4. The third-order valence-electron chi connectivity index (χ3n) is 8.26. The molecule has 0 saturated heterocycles. The van der Waals surface area contributed by atoms with Gasteiger partial charge >= 0.3 is 12.1 Å². The van der Waals surface area contributed by atoms with E-state index in [1.165, 1.54) is 11.1 Å². The van der Waals surface area contributed by atoms with E-state index in [0.717, 1.165) is 36.8 Å². The highest BCUT2D eigenvalue weighted by Crippen LogP contribution is 2.45. The number of carbonyl (C=O) groups excluding carboxylic acids is 2. The predicted octanol–water partition coefficient (Wildman–Crippen LogP) is 4.41. The summed E-state index contributed by atoms with van der Waals surface area (Å²) in [5.41, 5.74) is 4.03. The molecule has 0 unspecified atom stereocenters. The maximum absolute atomic E-state index is 13.4. The molecule has 5 rings (SSSR count). The first-order valence-corrected chi connectivity index (χ1v) is 12.5. The molecule has 3 aliphatic carbocycles. The van der Waals surface area contributed by atoms with Crippen molar-refractivity contribution < 1.29 is 24.2 Å². The number of hydrogen-bond acceptors (Lipinski definition) is 4. The van der Waals surface area contributed by atoms with Crippen LogP contribution in [0.4, 0.5) is 4.79 Å². The molecule has 2 aromatic carbocycles. The Labute approximate surface area is 205 Å². The first-order valence-electron chi connectivity index (χ1n) is 12.5. The van der Waals surface area contributed by atoms with Gasteiger partial charge in [-0.3, -0.25) is 9.59 Å². The molecular weight excluding hydrogens is 444 g/mol. The minimum Gasteiger partial charge on any atom is -0.481 e. The topological polar surface area (TPSA) is 95.9 Å². The van der Waals surface area contributed by atoms with Gasteiger partial charge in [-0.2, -0.15) is 0 Å². The molecule has 2 N–H and O–H groups in total. The number of nitrogens with one attached hydrogen (secondary N) is 1. The van der Waals surface area contributed by atoms with Crippen molar-refractivity contribution in [3.8, 4) is 11.1 Å². The molecule has 7 heteroatoms. The Bertz CT molecular complexity index is 1090. The highest BCUT2D eigenvalue weighted by atomic mass is 16.5. The summed E-state index contributed by atoms with van der Waals surface area (Å²) >= 11 is 0. The SMILES string of the molecule is CN(C(=O)C1(CNC(=O)OCC2c3ccccc3-c3ccccc32)CCCC1)C1CC(C(=O)O)C1. The van der Waals surface area contributed by atoms with Crippen LogP contribution in [-0.2, 0) is 14.3 Å². The Balaban J connectivity index is 1.19. The van der Waals surface area contributed by atoms with Crippen LogP contribution in [0.3, 0.4) is 0 Å². The first-order chi connectivity index (χ1) is 16.9. The van der Waals surface area contributed by atoms with E-state index in [-0.39, 0.29) is 36.9 Å². The average molecular weight is 477 g/mol.